The van der Waals surface area contributed by atoms with Crippen molar-refractivity contribution in [1.29, 1.82) is 0 Å². The molecule has 2 saturated carbocycles. The van der Waals surface area contributed by atoms with Crippen LogP contribution in [0.2, 0.25) is 0 Å². The third-order valence-electron chi connectivity index (χ3n) is 7.21. The summed E-state index contributed by atoms with van der Waals surface area (Å²) in [7, 11) is 1.90. The first kappa shape index (κ1) is 28.2. The third kappa shape index (κ3) is 7.33. The number of hydrogen-bond acceptors (Lipinski definition) is 3. The molecule has 198 valence electrons. The number of carbonyl (C=O) groups is 1. The van der Waals surface area contributed by atoms with Gasteiger partial charge in [0.25, 0.3) is 0 Å². The molecule has 0 aliphatic heterocycles. The highest BCUT2D eigenvalue weighted by Gasteiger charge is 2.35. The number of allylic oxidation sites excluding steroid dienone is 7. The van der Waals surface area contributed by atoms with Crippen LogP contribution in [0.5, 0.6) is 0 Å². The molecule has 3 aliphatic rings. The molecule has 0 unspecified atom stereocenters. The monoisotopic (exact) mass is 492 g/mol. The molecule has 0 heterocycles. The van der Waals surface area contributed by atoms with Gasteiger partial charge in [0.2, 0.25) is 0 Å². The smallest absolute Gasteiger partial charge is 0.410 e. The summed E-state index contributed by atoms with van der Waals surface area (Å²) in [5.41, 5.74) is 7.77. The molecule has 4 heteroatoms. The molecular weight excluding hydrogens is 444 g/mol. The molecular formula is C32H48N2O2. The molecule has 0 aromatic carbocycles. The predicted molar refractivity (Wildman–Crippen MR) is 152 cm³/mol. The van der Waals surface area contributed by atoms with Gasteiger partial charge in [-0.2, -0.15) is 0 Å². The molecule has 3 aliphatic carbocycles. The standard InChI is InChI=1S/C32H48N2O2/c1-21(2)20-34(31(35)36-32(6,7)8)17-16-23(5)29(22(3)4)30-27(25-14-15-25)18-26(19-28(30)33-9)24-12-10-11-13-24/h18-19,21,24-25H,3,5,10-17,20H2,1-2,4,6-9H3/b30-29+,33-28-. The molecule has 36 heavy (non-hydrogen) atoms. The highest BCUT2D eigenvalue weighted by molar-refractivity contribution is 6.15. The van der Waals surface area contributed by atoms with Crippen LogP contribution in [0.4, 0.5) is 4.79 Å². The Morgan fingerprint density at radius 2 is 1.75 bits per heavy atom. The lowest BCUT2D eigenvalue weighted by Gasteiger charge is -2.30. The van der Waals surface area contributed by atoms with Crippen LogP contribution in [0, 0.1) is 17.8 Å². The molecule has 0 aromatic rings. The third-order valence-corrected chi connectivity index (χ3v) is 7.21. The number of hydrogen-bond donors (Lipinski definition) is 0. The Kier molecular flexibility index (Phi) is 9.24. The van der Waals surface area contributed by atoms with Crippen molar-refractivity contribution in [3.05, 3.63) is 58.7 Å². The Bertz CT molecular complexity index is 990. The van der Waals surface area contributed by atoms with E-state index >= 15 is 0 Å². The van der Waals surface area contributed by atoms with Gasteiger partial charge in [0.15, 0.2) is 0 Å². The minimum Gasteiger partial charge on any atom is -0.444 e. The molecule has 4 nitrogen and oxygen atoms in total. The maximum absolute atomic E-state index is 12.9. The summed E-state index contributed by atoms with van der Waals surface area (Å²) in [5, 5.41) is 0. The number of ether oxygens (including phenoxy) is 1. The van der Waals surface area contributed by atoms with Gasteiger partial charge in [0.05, 0.1) is 5.71 Å². The summed E-state index contributed by atoms with van der Waals surface area (Å²) in [6, 6.07) is 0. The summed E-state index contributed by atoms with van der Waals surface area (Å²) in [4.78, 5) is 19.5. The van der Waals surface area contributed by atoms with Gasteiger partial charge in [-0.15, -0.1) is 0 Å². The van der Waals surface area contributed by atoms with Crippen molar-refractivity contribution in [3.8, 4) is 0 Å². The zero-order valence-corrected chi connectivity index (χ0v) is 23.9. The lowest BCUT2D eigenvalue weighted by Crippen LogP contribution is -2.39. The molecule has 0 radical (unpaired) electrons. The van der Waals surface area contributed by atoms with Crippen LogP contribution in [-0.2, 0) is 4.74 Å². The quantitative estimate of drug-likeness (QED) is 0.325. The van der Waals surface area contributed by atoms with Crippen LogP contribution < -0.4 is 0 Å². The van der Waals surface area contributed by atoms with Gasteiger partial charge in [-0.25, -0.2) is 4.79 Å². The Morgan fingerprint density at radius 1 is 1.11 bits per heavy atom. The SMILES string of the molecule is C=C(C)/C(C(=C)CCN(CC(C)C)C(=O)OC(C)(C)C)=C1/C(C2CC2)=CC(C2CCCC2)=C/C1=N/C. The van der Waals surface area contributed by atoms with E-state index in [-0.39, 0.29) is 6.09 Å². The molecule has 0 atom stereocenters. The molecule has 0 N–H and O–H groups in total. The second-order valence-electron chi connectivity index (χ2n) is 12.3. The number of amides is 1. The largest absolute Gasteiger partial charge is 0.444 e. The Hall–Kier alpha value is -2.36. The Morgan fingerprint density at radius 3 is 2.25 bits per heavy atom. The fourth-order valence-electron chi connectivity index (χ4n) is 5.44. The molecule has 1 amide bonds. The second-order valence-corrected chi connectivity index (χ2v) is 12.3. The zero-order chi connectivity index (χ0) is 26.6. The molecule has 0 spiro atoms. The van der Waals surface area contributed by atoms with Crippen LogP contribution >= 0.6 is 0 Å². The van der Waals surface area contributed by atoms with E-state index in [9.17, 15) is 4.79 Å². The maximum Gasteiger partial charge on any atom is 0.410 e. The first-order valence-electron chi connectivity index (χ1n) is 13.9. The fourth-order valence-corrected chi connectivity index (χ4v) is 5.44. The van der Waals surface area contributed by atoms with Crippen LogP contribution in [0.3, 0.4) is 0 Å². The summed E-state index contributed by atoms with van der Waals surface area (Å²) in [5.74, 6) is 1.61. The van der Waals surface area contributed by atoms with E-state index in [1.54, 1.807) is 0 Å². The van der Waals surface area contributed by atoms with Gasteiger partial charge in [0.1, 0.15) is 5.60 Å². The van der Waals surface area contributed by atoms with Crippen molar-refractivity contribution in [1.82, 2.24) is 4.90 Å². The van der Waals surface area contributed by atoms with Gasteiger partial charge >= 0.3 is 6.09 Å². The Balaban J connectivity index is 1.90. The van der Waals surface area contributed by atoms with E-state index in [4.69, 9.17) is 9.73 Å². The first-order chi connectivity index (χ1) is 16.9. The van der Waals surface area contributed by atoms with E-state index in [1.165, 1.54) is 55.2 Å². The van der Waals surface area contributed by atoms with Gasteiger partial charge < -0.3 is 9.64 Å². The minimum atomic E-state index is -0.518. The second kappa shape index (κ2) is 11.8. The minimum absolute atomic E-state index is 0.260. The molecule has 3 rings (SSSR count). The molecule has 0 aromatic heterocycles. The van der Waals surface area contributed by atoms with Crippen molar-refractivity contribution in [2.24, 2.45) is 22.7 Å². The van der Waals surface area contributed by atoms with Crippen molar-refractivity contribution in [2.45, 2.75) is 92.1 Å². The normalized spacial score (nSPS) is 21.4. The average Bonchev–Trinajstić information content (AvgIpc) is 3.48. The van der Waals surface area contributed by atoms with Crippen LogP contribution in [0.15, 0.2) is 63.7 Å². The highest BCUT2D eigenvalue weighted by Crippen LogP contribution is 2.47. The van der Waals surface area contributed by atoms with Gasteiger partial charge in [0, 0.05) is 25.7 Å². The van der Waals surface area contributed by atoms with Gasteiger partial charge in [-0.3, -0.25) is 4.99 Å². The zero-order valence-electron chi connectivity index (χ0n) is 23.9. The first-order valence-corrected chi connectivity index (χ1v) is 13.9. The Labute approximate surface area is 220 Å². The number of carbonyl (C=O) groups excluding carboxylic acids is 1. The van der Waals surface area contributed by atoms with Crippen molar-refractivity contribution in [2.75, 3.05) is 20.1 Å². The van der Waals surface area contributed by atoms with Crippen LogP contribution in [-0.4, -0.2) is 42.4 Å². The van der Waals surface area contributed by atoms with E-state index < -0.39 is 5.60 Å². The lowest BCUT2D eigenvalue weighted by atomic mass is 9.79. The fraction of sp³-hybridized carbons (Fsp3) is 0.625. The van der Waals surface area contributed by atoms with Gasteiger partial charge in [-0.05, 0) is 106 Å². The molecule has 0 bridgehead atoms. The van der Waals surface area contributed by atoms with E-state index in [1.807, 2.05) is 32.7 Å². The summed E-state index contributed by atoms with van der Waals surface area (Å²) in [6.07, 6.45) is 12.9. The van der Waals surface area contributed by atoms with Crippen molar-refractivity contribution in [3.63, 3.8) is 0 Å². The number of nitrogens with zero attached hydrogens (tertiary/aromatic N) is 2. The topological polar surface area (TPSA) is 41.9 Å². The highest BCUT2D eigenvalue weighted by atomic mass is 16.6. The number of rotatable bonds is 9. The van der Waals surface area contributed by atoms with Gasteiger partial charge in [-0.1, -0.05) is 51.5 Å². The molecule has 0 saturated heterocycles. The van der Waals surface area contributed by atoms with Crippen molar-refractivity contribution < 1.29 is 9.53 Å². The summed E-state index contributed by atoms with van der Waals surface area (Å²) in [6.45, 7) is 22.2. The molecule has 2 fully saturated rings. The van der Waals surface area contributed by atoms with Crippen LogP contribution in [0.25, 0.3) is 0 Å². The van der Waals surface area contributed by atoms with Crippen LogP contribution in [0.1, 0.15) is 86.5 Å². The van der Waals surface area contributed by atoms with E-state index in [2.05, 4.69) is 46.1 Å². The number of aliphatic imine (C=N–C) groups is 1. The summed E-state index contributed by atoms with van der Waals surface area (Å²) < 4.78 is 5.70. The lowest BCUT2D eigenvalue weighted by molar-refractivity contribution is 0.0231. The predicted octanol–water partition coefficient (Wildman–Crippen LogP) is 8.24. The summed E-state index contributed by atoms with van der Waals surface area (Å²) >= 11 is 0. The average molecular weight is 493 g/mol. The maximum atomic E-state index is 12.9. The van der Waals surface area contributed by atoms with Crippen molar-refractivity contribution >= 4 is 11.8 Å². The van der Waals surface area contributed by atoms with E-state index in [0.717, 1.165) is 22.4 Å². The van der Waals surface area contributed by atoms with E-state index in [0.29, 0.717) is 37.3 Å².